The number of rotatable bonds is 4. The van der Waals surface area contributed by atoms with Crippen LogP contribution in [0.3, 0.4) is 0 Å². The van der Waals surface area contributed by atoms with Crippen molar-refractivity contribution in [3.63, 3.8) is 0 Å². The van der Waals surface area contributed by atoms with E-state index >= 15 is 0 Å². The molecule has 2 heteroatoms. The van der Waals surface area contributed by atoms with Crippen LogP contribution in [0.25, 0.3) is 0 Å². The van der Waals surface area contributed by atoms with Gasteiger partial charge in [-0.05, 0) is 47.1 Å². The molecule has 2 unspecified atom stereocenters. The molecule has 0 spiro atoms. The Kier molecular flexibility index (Phi) is 4.09. The van der Waals surface area contributed by atoms with Crippen molar-refractivity contribution in [3.05, 3.63) is 64.7 Å². The molecule has 2 aliphatic rings. The lowest BCUT2D eigenvalue weighted by molar-refractivity contribution is 0.357. The SMILES string of the molecule is CCCc1ccc(C2CC(c3ccc4c(c3)CCO4)CN2)cc1. The number of hydrogen-bond donors (Lipinski definition) is 1. The molecule has 2 heterocycles. The largest absolute Gasteiger partial charge is 0.493 e. The third kappa shape index (κ3) is 3.00. The highest BCUT2D eigenvalue weighted by Crippen LogP contribution is 2.36. The van der Waals surface area contributed by atoms with E-state index in [9.17, 15) is 0 Å². The van der Waals surface area contributed by atoms with Gasteiger partial charge in [0, 0.05) is 19.0 Å². The van der Waals surface area contributed by atoms with Crippen LogP contribution < -0.4 is 10.1 Å². The van der Waals surface area contributed by atoms with Gasteiger partial charge in [0.15, 0.2) is 0 Å². The van der Waals surface area contributed by atoms with Crippen molar-refractivity contribution in [2.75, 3.05) is 13.2 Å². The van der Waals surface area contributed by atoms with Gasteiger partial charge in [0.1, 0.15) is 5.75 Å². The Balaban J connectivity index is 1.46. The molecule has 0 radical (unpaired) electrons. The molecular weight excluding hydrogens is 282 g/mol. The molecule has 2 aromatic rings. The third-order valence-electron chi connectivity index (χ3n) is 5.24. The quantitative estimate of drug-likeness (QED) is 0.904. The molecule has 0 aliphatic carbocycles. The second-order valence-electron chi connectivity index (χ2n) is 6.85. The van der Waals surface area contributed by atoms with E-state index in [4.69, 9.17) is 4.74 Å². The summed E-state index contributed by atoms with van der Waals surface area (Å²) in [7, 11) is 0. The van der Waals surface area contributed by atoms with Gasteiger partial charge in [0.2, 0.25) is 0 Å². The van der Waals surface area contributed by atoms with Crippen molar-refractivity contribution in [1.82, 2.24) is 5.32 Å². The number of aryl methyl sites for hydroxylation is 1. The fourth-order valence-electron chi connectivity index (χ4n) is 3.91. The van der Waals surface area contributed by atoms with Crippen molar-refractivity contribution >= 4 is 0 Å². The first-order valence-electron chi connectivity index (χ1n) is 8.91. The van der Waals surface area contributed by atoms with Crippen LogP contribution >= 0.6 is 0 Å². The first-order valence-corrected chi connectivity index (χ1v) is 8.91. The van der Waals surface area contributed by atoms with E-state index in [2.05, 4.69) is 54.7 Å². The lowest BCUT2D eigenvalue weighted by atomic mass is 9.92. The zero-order chi connectivity index (χ0) is 15.6. The zero-order valence-corrected chi connectivity index (χ0v) is 13.8. The Morgan fingerprint density at radius 2 is 1.91 bits per heavy atom. The molecule has 4 rings (SSSR count). The van der Waals surface area contributed by atoms with Gasteiger partial charge < -0.3 is 10.1 Å². The monoisotopic (exact) mass is 307 g/mol. The lowest BCUT2D eigenvalue weighted by Gasteiger charge is -2.13. The third-order valence-corrected chi connectivity index (χ3v) is 5.24. The van der Waals surface area contributed by atoms with Crippen LogP contribution in [0.4, 0.5) is 0 Å². The van der Waals surface area contributed by atoms with E-state index in [1.807, 2.05) is 0 Å². The molecule has 1 N–H and O–H groups in total. The molecule has 23 heavy (non-hydrogen) atoms. The predicted octanol–water partition coefficient (Wildman–Crippen LogP) is 4.39. The smallest absolute Gasteiger partial charge is 0.122 e. The van der Waals surface area contributed by atoms with E-state index < -0.39 is 0 Å². The minimum Gasteiger partial charge on any atom is -0.493 e. The van der Waals surface area contributed by atoms with Crippen molar-refractivity contribution in [2.24, 2.45) is 0 Å². The number of benzene rings is 2. The molecule has 1 fully saturated rings. The highest BCUT2D eigenvalue weighted by atomic mass is 16.5. The highest BCUT2D eigenvalue weighted by Gasteiger charge is 2.27. The lowest BCUT2D eigenvalue weighted by Crippen LogP contribution is -2.13. The van der Waals surface area contributed by atoms with Gasteiger partial charge in [0.25, 0.3) is 0 Å². The Morgan fingerprint density at radius 1 is 1.09 bits per heavy atom. The van der Waals surface area contributed by atoms with Gasteiger partial charge in [-0.2, -0.15) is 0 Å². The normalized spacial score (nSPS) is 22.8. The van der Waals surface area contributed by atoms with Gasteiger partial charge in [0.05, 0.1) is 6.61 Å². The van der Waals surface area contributed by atoms with E-state index in [0.29, 0.717) is 12.0 Å². The number of fused-ring (bicyclic) bond motifs is 1. The van der Waals surface area contributed by atoms with Gasteiger partial charge in [-0.1, -0.05) is 49.7 Å². The van der Waals surface area contributed by atoms with Crippen LogP contribution in [0, 0.1) is 0 Å². The van der Waals surface area contributed by atoms with Crippen LogP contribution in [0.2, 0.25) is 0 Å². The Labute approximate surface area is 138 Å². The van der Waals surface area contributed by atoms with Crippen LogP contribution in [-0.2, 0) is 12.8 Å². The molecule has 120 valence electrons. The molecule has 0 bridgehead atoms. The van der Waals surface area contributed by atoms with Crippen LogP contribution in [0.15, 0.2) is 42.5 Å². The van der Waals surface area contributed by atoms with Gasteiger partial charge in [-0.15, -0.1) is 0 Å². The van der Waals surface area contributed by atoms with Crippen molar-refractivity contribution in [3.8, 4) is 5.75 Å². The zero-order valence-electron chi connectivity index (χ0n) is 13.8. The van der Waals surface area contributed by atoms with Crippen LogP contribution in [0.1, 0.15) is 54.0 Å². The minimum atomic E-state index is 0.486. The molecule has 1 saturated heterocycles. The summed E-state index contributed by atoms with van der Waals surface area (Å²) in [5, 5.41) is 3.71. The first-order chi connectivity index (χ1) is 11.3. The second kappa shape index (κ2) is 6.37. The molecular formula is C21H25NO. The van der Waals surface area contributed by atoms with Gasteiger partial charge in [-0.3, -0.25) is 0 Å². The summed E-state index contributed by atoms with van der Waals surface area (Å²) in [6.07, 6.45) is 4.64. The summed E-state index contributed by atoms with van der Waals surface area (Å²) >= 11 is 0. The molecule has 2 aromatic carbocycles. The fraction of sp³-hybridized carbons (Fsp3) is 0.429. The summed E-state index contributed by atoms with van der Waals surface area (Å²) in [6, 6.07) is 16.5. The summed E-state index contributed by atoms with van der Waals surface area (Å²) in [5.74, 6) is 1.70. The summed E-state index contributed by atoms with van der Waals surface area (Å²) < 4.78 is 5.62. The minimum absolute atomic E-state index is 0.486. The topological polar surface area (TPSA) is 21.3 Å². The van der Waals surface area contributed by atoms with Crippen molar-refractivity contribution in [2.45, 2.75) is 44.6 Å². The van der Waals surface area contributed by atoms with Gasteiger partial charge >= 0.3 is 0 Å². The van der Waals surface area contributed by atoms with E-state index in [-0.39, 0.29) is 0 Å². The van der Waals surface area contributed by atoms with Crippen LogP contribution in [-0.4, -0.2) is 13.2 Å². The van der Waals surface area contributed by atoms with E-state index in [1.54, 1.807) is 0 Å². The summed E-state index contributed by atoms with van der Waals surface area (Å²) in [4.78, 5) is 0. The molecule has 0 saturated carbocycles. The fourth-order valence-corrected chi connectivity index (χ4v) is 3.91. The van der Waals surface area contributed by atoms with Gasteiger partial charge in [-0.25, -0.2) is 0 Å². The maximum Gasteiger partial charge on any atom is 0.122 e. The maximum absolute atomic E-state index is 5.62. The predicted molar refractivity (Wildman–Crippen MR) is 94.2 cm³/mol. The average Bonchev–Trinajstić information content (AvgIpc) is 3.24. The number of hydrogen-bond acceptors (Lipinski definition) is 2. The van der Waals surface area contributed by atoms with E-state index in [0.717, 1.165) is 25.3 Å². The number of nitrogens with one attached hydrogen (secondary N) is 1. The molecule has 2 aliphatic heterocycles. The van der Waals surface area contributed by atoms with E-state index in [1.165, 1.54) is 41.5 Å². The van der Waals surface area contributed by atoms with Crippen molar-refractivity contribution in [1.29, 1.82) is 0 Å². The molecule has 0 aromatic heterocycles. The van der Waals surface area contributed by atoms with Crippen molar-refractivity contribution < 1.29 is 4.74 Å². The maximum atomic E-state index is 5.62. The number of ether oxygens (including phenoxy) is 1. The first kappa shape index (κ1) is 14.8. The Hall–Kier alpha value is -1.80. The Bertz CT molecular complexity index is 677. The standard InChI is InChI=1S/C21H25NO/c1-2-3-15-4-6-16(7-5-15)20-13-19(14-22-20)17-8-9-21-18(12-17)10-11-23-21/h4-9,12,19-20,22H,2-3,10-11,13-14H2,1H3. The molecule has 0 amide bonds. The highest BCUT2D eigenvalue weighted by molar-refractivity contribution is 5.41. The molecule has 2 nitrogen and oxygen atoms in total. The molecule has 2 atom stereocenters. The average molecular weight is 307 g/mol. The Morgan fingerprint density at radius 3 is 2.74 bits per heavy atom. The summed E-state index contributed by atoms with van der Waals surface area (Å²) in [5.41, 5.74) is 5.72. The summed E-state index contributed by atoms with van der Waals surface area (Å²) in [6.45, 7) is 4.15. The van der Waals surface area contributed by atoms with Crippen LogP contribution in [0.5, 0.6) is 5.75 Å². The second-order valence-corrected chi connectivity index (χ2v) is 6.85.